The molecular formula is C25H35FN3O5P. The minimum absolute atomic E-state index is 0.0967. The number of carbonyl (C=O) groups is 2. The van der Waals surface area contributed by atoms with E-state index in [1.165, 1.54) is 24.1 Å². The van der Waals surface area contributed by atoms with E-state index in [9.17, 15) is 14.2 Å². The predicted octanol–water partition coefficient (Wildman–Crippen LogP) is 4.04. The van der Waals surface area contributed by atoms with E-state index >= 15 is 4.39 Å². The Morgan fingerprint density at radius 3 is 2.69 bits per heavy atom. The normalized spacial score (nSPS) is 27.0. The van der Waals surface area contributed by atoms with Crippen molar-refractivity contribution in [2.45, 2.75) is 76.8 Å². The van der Waals surface area contributed by atoms with Gasteiger partial charge in [0.1, 0.15) is 11.9 Å². The number of hydrogen-bond acceptors (Lipinski definition) is 6. The van der Waals surface area contributed by atoms with Crippen molar-refractivity contribution in [2.75, 3.05) is 6.16 Å². The Morgan fingerprint density at radius 1 is 1.37 bits per heavy atom. The van der Waals surface area contributed by atoms with Crippen LogP contribution in [0.4, 0.5) is 4.39 Å². The van der Waals surface area contributed by atoms with E-state index in [0.29, 0.717) is 6.42 Å². The molecule has 2 N–H and O–H groups in total. The summed E-state index contributed by atoms with van der Waals surface area (Å²) in [5.74, 6) is -0.570. The van der Waals surface area contributed by atoms with Gasteiger partial charge in [0.15, 0.2) is 19.2 Å². The van der Waals surface area contributed by atoms with Crippen LogP contribution in [-0.2, 0) is 29.8 Å². The van der Waals surface area contributed by atoms with E-state index in [1.54, 1.807) is 20.8 Å². The smallest absolute Gasteiger partial charge is 0.323 e. The number of rotatable bonds is 10. The Morgan fingerprint density at radius 2 is 2.06 bits per heavy atom. The van der Waals surface area contributed by atoms with Crippen LogP contribution in [0.5, 0.6) is 0 Å². The molecule has 2 unspecified atom stereocenters. The fraction of sp³-hybridized carbons (Fsp3) is 0.520. The first kappa shape index (κ1) is 27.1. The van der Waals surface area contributed by atoms with Gasteiger partial charge in [-0.3, -0.25) is 14.7 Å². The first-order valence-corrected chi connectivity index (χ1v) is 13.9. The van der Waals surface area contributed by atoms with E-state index in [-0.39, 0.29) is 36.6 Å². The predicted molar refractivity (Wildman–Crippen MR) is 132 cm³/mol. The molecule has 10 heteroatoms. The molecule has 192 valence electrons. The lowest BCUT2D eigenvalue weighted by Gasteiger charge is -2.35. The molecule has 0 spiro atoms. The van der Waals surface area contributed by atoms with Crippen molar-refractivity contribution in [3.63, 3.8) is 0 Å². The number of carbonyl (C=O) groups excluding carboxylic acids is 2. The Bertz CT molecular complexity index is 1010. The summed E-state index contributed by atoms with van der Waals surface area (Å²) >= 11 is 0. The highest BCUT2D eigenvalue weighted by atomic mass is 31.2. The Hall–Kier alpha value is -2.48. The maximum atomic E-state index is 15.5. The summed E-state index contributed by atoms with van der Waals surface area (Å²) in [5, 5.41) is 5.58. The van der Waals surface area contributed by atoms with Crippen LogP contribution in [0.25, 0.3) is 0 Å². The summed E-state index contributed by atoms with van der Waals surface area (Å²) in [5.41, 5.74) is -0.843. The molecular weight excluding hydrogens is 472 g/mol. The van der Waals surface area contributed by atoms with Crippen molar-refractivity contribution in [3.8, 4) is 0 Å². The molecule has 1 aromatic carbocycles. The minimum Gasteiger partial charge on any atom is -0.462 e. The molecule has 0 bridgehead atoms. The van der Waals surface area contributed by atoms with Gasteiger partial charge in [0.2, 0.25) is 0 Å². The average Bonchev–Trinajstić information content (AvgIpc) is 3.06. The Balaban J connectivity index is 1.71. The van der Waals surface area contributed by atoms with Crippen LogP contribution in [0.1, 0.15) is 46.1 Å². The summed E-state index contributed by atoms with van der Waals surface area (Å²) in [7, 11) is -3.12. The Labute approximate surface area is 206 Å². The monoisotopic (exact) mass is 507 g/mol. The summed E-state index contributed by atoms with van der Waals surface area (Å²) in [6.45, 7) is 10.4. The molecule has 3 rings (SSSR count). The molecule has 2 aliphatic heterocycles. The van der Waals surface area contributed by atoms with Gasteiger partial charge in [0.05, 0.1) is 12.2 Å². The van der Waals surface area contributed by atoms with Gasteiger partial charge in [0.25, 0.3) is 5.91 Å². The highest BCUT2D eigenvalue weighted by molar-refractivity contribution is 7.61. The van der Waals surface area contributed by atoms with Crippen molar-refractivity contribution < 1.29 is 28.0 Å². The lowest BCUT2D eigenvalue weighted by atomic mass is 10.0. The summed E-state index contributed by atoms with van der Waals surface area (Å²) in [4.78, 5) is 25.4. The summed E-state index contributed by atoms with van der Waals surface area (Å²) in [6.07, 6.45) is 1.86. The number of hydrogen-bond donors (Lipinski definition) is 2. The van der Waals surface area contributed by atoms with Crippen LogP contribution in [0.15, 0.2) is 55.0 Å². The molecule has 1 fully saturated rings. The molecule has 5 atom stereocenters. The fourth-order valence-corrected chi connectivity index (χ4v) is 7.01. The van der Waals surface area contributed by atoms with Crippen LogP contribution < -0.4 is 10.4 Å². The second-order valence-electron chi connectivity index (χ2n) is 9.63. The van der Waals surface area contributed by atoms with Gasteiger partial charge < -0.3 is 24.3 Å². The number of esters is 1. The molecule has 0 saturated carbocycles. The van der Waals surface area contributed by atoms with Crippen molar-refractivity contribution in [1.82, 2.24) is 15.3 Å². The number of nitrogens with zero attached hydrogens (tertiary/aromatic N) is 1. The maximum absolute atomic E-state index is 15.5. The average molecular weight is 508 g/mol. The SMILES string of the molecule is C=C1NC(=O)C=CN1C1OC(CC[P@](=O)(Cc2ccccc2)N[C@@H](C)C(=O)OC(C)C)C[C@@]1(C)F. The molecule has 1 aromatic rings. The van der Waals surface area contributed by atoms with Crippen molar-refractivity contribution in [2.24, 2.45) is 0 Å². The number of nitrogens with one attached hydrogen (secondary N) is 2. The topological polar surface area (TPSA) is 97.0 Å². The van der Waals surface area contributed by atoms with Gasteiger partial charge in [-0.2, -0.15) is 0 Å². The van der Waals surface area contributed by atoms with Gasteiger partial charge in [-0.05, 0) is 39.7 Å². The summed E-state index contributed by atoms with van der Waals surface area (Å²) in [6, 6.07) is 8.62. The zero-order valence-electron chi connectivity index (χ0n) is 20.7. The van der Waals surface area contributed by atoms with Crippen molar-refractivity contribution in [1.29, 1.82) is 0 Å². The first-order valence-electron chi connectivity index (χ1n) is 11.8. The number of amides is 1. The first-order chi connectivity index (χ1) is 16.4. The molecule has 0 aliphatic carbocycles. The van der Waals surface area contributed by atoms with Gasteiger partial charge in [0, 0.05) is 31.0 Å². The van der Waals surface area contributed by atoms with Gasteiger partial charge in [-0.25, -0.2) is 4.39 Å². The molecule has 0 radical (unpaired) electrons. The van der Waals surface area contributed by atoms with Crippen LogP contribution in [0.2, 0.25) is 0 Å². The van der Waals surface area contributed by atoms with Gasteiger partial charge in [-0.15, -0.1) is 0 Å². The second kappa shape index (κ2) is 11.1. The second-order valence-corrected chi connectivity index (χ2v) is 12.4. The van der Waals surface area contributed by atoms with Crippen molar-refractivity contribution >= 4 is 19.2 Å². The van der Waals surface area contributed by atoms with Crippen LogP contribution in [0, 0.1) is 0 Å². The van der Waals surface area contributed by atoms with Crippen LogP contribution in [-0.4, -0.2) is 53.1 Å². The van der Waals surface area contributed by atoms with E-state index in [1.807, 2.05) is 30.3 Å². The van der Waals surface area contributed by atoms with E-state index in [2.05, 4.69) is 17.0 Å². The zero-order chi connectivity index (χ0) is 25.8. The largest absolute Gasteiger partial charge is 0.462 e. The minimum atomic E-state index is -3.12. The Kier molecular flexibility index (Phi) is 8.57. The third kappa shape index (κ3) is 7.26. The standard InChI is InChI=1S/C25H35FN3O5P/c1-17(2)33-23(31)18(3)28-35(32,16-20-9-7-6-8-10-20)14-12-21-15-25(5,26)24(34-21)29-13-11-22(30)27-19(29)4/h6-11,13,17-18,21,24H,4,12,14-16H2,1-3,5H3,(H,27,30)(H,28,32)/t18-,21?,24?,25+,35-/m0/s1. The zero-order valence-corrected chi connectivity index (χ0v) is 21.6. The highest BCUT2D eigenvalue weighted by Gasteiger charge is 2.49. The van der Waals surface area contributed by atoms with Gasteiger partial charge >= 0.3 is 5.97 Å². The number of halogens is 1. The molecule has 1 amide bonds. The third-order valence-corrected chi connectivity index (χ3v) is 8.62. The lowest BCUT2D eigenvalue weighted by Crippen LogP contribution is -2.48. The van der Waals surface area contributed by atoms with E-state index < -0.39 is 37.3 Å². The number of alkyl halides is 1. The fourth-order valence-electron chi connectivity index (χ4n) is 4.31. The molecule has 35 heavy (non-hydrogen) atoms. The third-order valence-electron chi connectivity index (χ3n) is 5.91. The molecule has 1 saturated heterocycles. The van der Waals surface area contributed by atoms with Crippen LogP contribution in [0.3, 0.4) is 0 Å². The van der Waals surface area contributed by atoms with Gasteiger partial charge in [-0.1, -0.05) is 36.9 Å². The van der Waals surface area contributed by atoms with E-state index in [4.69, 9.17) is 9.47 Å². The number of benzene rings is 1. The molecule has 2 aliphatic rings. The maximum Gasteiger partial charge on any atom is 0.323 e. The highest BCUT2D eigenvalue weighted by Crippen LogP contribution is 2.48. The van der Waals surface area contributed by atoms with E-state index in [0.717, 1.165) is 5.56 Å². The molecule has 0 aromatic heterocycles. The quantitative estimate of drug-likeness (QED) is 0.364. The lowest BCUT2D eigenvalue weighted by molar-refractivity contribution is -0.148. The number of ether oxygens (including phenoxy) is 2. The van der Waals surface area contributed by atoms with Crippen molar-refractivity contribution in [3.05, 3.63) is 60.6 Å². The molecule has 8 nitrogen and oxygen atoms in total. The van der Waals surface area contributed by atoms with Crippen LogP contribution >= 0.6 is 7.29 Å². The summed E-state index contributed by atoms with van der Waals surface area (Å²) < 4.78 is 40.8. The molecule has 2 heterocycles.